The van der Waals surface area contributed by atoms with Crippen molar-refractivity contribution in [1.29, 1.82) is 5.41 Å². The Bertz CT molecular complexity index is 1540. The Morgan fingerprint density at radius 2 is 1.77 bits per heavy atom. The number of hydrogen-bond donors (Lipinski definition) is 2. The smallest absolute Gasteiger partial charge is 0.376 e. The zero-order chi connectivity index (χ0) is 28.2. The number of esters is 1. The number of nitrogens with zero attached hydrogens (tertiary/aromatic N) is 4. The molecule has 1 fully saturated rings. The number of rotatable bonds is 11. The van der Waals surface area contributed by atoms with Crippen LogP contribution in [0.4, 0.5) is 5.82 Å². The van der Waals surface area contributed by atoms with Gasteiger partial charge in [0.2, 0.25) is 17.6 Å². The summed E-state index contributed by atoms with van der Waals surface area (Å²) < 4.78 is 18.5. The Kier molecular flexibility index (Phi) is 7.95. The first kappa shape index (κ1) is 27.1. The number of benzene rings is 1. The summed E-state index contributed by atoms with van der Waals surface area (Å²) >= 11 is 0. The Morgan fingerprint density at radius 3 is 2.48 bits per heavy atom. The summed E-state index contributed by atoms with van der Waals surface area (Å²) in [5.41, 5.74) is 6.76. The van der Waals surface area contributed by atoms with E-state index in [1.807, 2.05) is 49.6 Å². The molecule has 0 bridgehead atoms. The maximum atomic E-state index is 12.5. The zero-order valence-corrected chi connectivity index (χ0v) is 23.3. The number of ether oxygens (including phenoxy) is 3. The van der Waals surface area contributed by atoms with Crippen molar-refractivity contribution < 1.29 is 19.0 Å². The van der Waals surface area contributed by atoms with Crippen LogP contribution in [0.15, 0.2) is 42.7 Å². The molecule has 0 radical (unpaired) electrons. The Morgan fingerprint density at radius 1 is 1.02 bits per heavy atom. The predicted octanol–water partition coefficient (Wildman–Crippen LogP) is 5.35. The molecule has 3 heterocycles. The van der Waals surface area contributed by atoms with Gasteiger partial charge < -0.3 is 23.9 Å². The molecule has 5 rings (SSSR count). The highest BCUT2D eigenvalue weighted by Gasteiger charge is 2.24. The largest absolute Gasteiger partial charge is 0.478 e. The van der Waals surface area contributed by atoms with Crippen LogP contribution in [-0.4, -0.2) is 44.4 Å². The second kappa shape index (κ2) is 11.7. The number of aromatic nitrogens is 4. The minimum atomic E-state index is -0.623. The van der Waals surface area contributed by atoms with E-state index in [1.165, 1.54) is 18.4 Å². The SMILES string of the molecule is CCOC(=N)c1cc(C)c(CNc2cc(OCc3cn4cc(C5CC5)ccc4n3)nc(C(=O)OCC)n2)c(C)c1. The lowest BCUT2D eigenvalue weighted by Crippen LogP contribution is -2.14. The number of aryl methyl sites for hydroxylation is 2. The van der Waals surface area contributed by atoms with Gasteiger partial charge in [0.05, 0.1) is 18.9 Å². The van der Waals surface area contributed by atoms with E-state index in [1.54, 1.807) is 13.0 Å². The van der Waals surface area contributed by atoms with Crippen LogP contribution in [-0.2, 0) is 22.6 Å². The van der Waals surface area contributed by atoms with Gasteiger partial charge in [0.1, 0.15) is 18.1 Å². The Labute approximate surface area is 233 Å². The average Bonchev–Trinajstić information content (AvgIpc) is 3.70. The molecule has 0 saturated heterocycles. The van der Waals surface area contributed by atoms with E-state index in [2.05, 4.69) is 32.5 Å². The second-order valence-electron chi connectivity index (χ2n) is 9.86. The van der Waals surface area contributed by atoms with Crippen molar-refractivity contribution in [2.75, 3.05) is 18.5 Å². The molecule has 2 N–H and O–H groups in total. The van der Waals surface area contributed by atoms with Gasteiger partial charge in [0, 0.05) is 30.6 Å². The van der Waals surface area contributed by atoms with Crippen LogP contribution < -0.4 is 10.1 Å². The van der Waals surface area contributed by atoms with Gasteiger partial charge in [-0.2, -0.15) is 4.98 Å². The van der Waals surface area contributed by atoms with Crippen LogP contribution in [0.3, 0.4) is 0 Å². The number of imidazole rings is 1. The first-order valence-corrected chi connectivity index (χ1v) is 13.6. The lowest BCUT2D eigenvalue weighted by Gasteiger charge is -2.15. The zero-order valence-electron chi connectivity index (χ0n) is 23.3. The van der Waals surface area contributed by atoms with Crippen molar-refractivity contribution in [3.05, 3.63) is 82.1 Å². The number of anilines is 1. The molecule has 0 spiro atoms. The molecular weight excluding hydrogens is 508 g/mol. The minimum Gasteiger partial charge on any atom is -0.478 e. The van der Waals surface area contributed by atoms with Crippen LogP contribution in [0.2, 0.25) is 0 Å². The van der Waals surface area contributed by atoms with E-state index in [-0.39, 0.29) is 30.8 Å². The molecule has 208 valence electrons. The summed E-state index contributed by atoms with van der Waals surface area (Å²) in [6, 6.07) is 9.69. The molecule has 1 aromatic carbocycles. The summed E-state index contributed by atoms with van der Waals surface area (Å²) in [6.07, 6.45) is 6.57. The highest BCUT2D eigenvalue weighted by Crippen LogP contribution is 2.39. The normalized spacial score (nSPS) is 12.8. The number of pyridine rings is 1. The van der Waals surface area contributed by atoms with Crippen LogP contribution in [0, 0.1) is 19.3 Å². The fourth-order valence-corrected chi connectivity index (χ4v) is 4.62. The molecule has 3 aromatic heterocycles. The number of nitrogens with one attached hydrogen (secondary N) is 2. The van der Waals surface area contributed by atoms with Crippen molar-refractivity contribution in [2.45, 2.75) is 59.6 Å². The maximum absolute atomic E-state index is 12.5. The monoisotopic (exact) mass is 542 g/mol. The molecule has 0 aliphatic heterocycles. The third-order valence-corrected chi connectivity index (χ3v) is 6.79. The van der Waals surface area contributed by atoms with Gasteiger partial charge in [-0.1, -0.05) is 6.07 Å². The van der Waals surface area contributed by atoms with Crippen LogP contribution in [0.5, 0.6) is 5.88 Å². The Balaban J connectivity index is 1.33. The molecule has 4 aromatic rings. The third-order valence-electron chi connectivity index (χ3n) is 6.79. The predicted molar refractivity (Wildman–Crippen MR) is 151 cm³/mol. The number of carbonyl (C=O) groups excluding carboxylic acids is 1. The van der Waals surface area contributed by atoms with Gasteiger partial charge >= 0.3 is 5.97 Å². The summed E-state index contributed by atoms with van der Waals surface area (Å²) in [5.74, 6) is 0.780. The summed E-state index contributed by atoms with van der Waals surface area (Å²) in [7, 11) is 0. The Hall–Kier alpha value is -4.47. The van der Waals surface area contributed by atoms with Crippen LogP contribution in [0.1, 0.15) is 76.7 Å². The highest BCUT2D eigenvalue weighted by atomic mass is 16.5. The summed E-state index contributed by atoms with van der Waals surface area (Å²) in [5, 5.41) is 11.4. The van der Waals surface area contributed by atoms with Crippen molar-refractivity contribution in [3.8, 4) is 5.88 Å². The average molecular weight is 543 g/mol. The van der Waals surface area contributed by atoms with Crippen LogP contribution in [0.25, 0.3) is 5.65 Å². The molecule has 10 heteroatoms. The molecule has 1 saturated carbocycles. The molecule has 1 aliphatic carbocycles. The van der Waals surface area contributed by atoms with Gasteiger partial charge in [0.15, 0.2) is 0 Å². The summed E-state index contributed by atoms with van der Waals surface area (Å²) in [4.78, 5) is 25.8. The standard InChI is InChI=1S/C30H34N6O4/c1-5-38-28(31)22-11-18(3)24(19(4)12-22)14-32-25-13-27(35-29(34-25)30(37)39-6-2)40-17-23-16-36-15-21(20-7-8-20)9-10-26(36)33-23/h9-13,15-16,20,31H,5-8,14,17H2,1-4H3,(H,32,34,35). The lowest BCUT2D eigenvalue weighted by atomic mass is 9.99. The number of carbonyl (C=O) groups is 1. The topological polar surface area (TPSA) is 124 Å². The molecular formula is C30H34N6O4. The first-order valence-electron chi connectivity index (χ1n) is 13.6. The first-order chi connectivity index (χ1) is 19.3. The molecule has 40 heavy (non-hydrogen) atoms. The van der Waals surface area contributed by atoms with Crippen molar-refractivity contribution in [2.24, 2.45) is 0 Å². The maximum Gasteiger partial charge on any atom is 0.376 e. The second-order valence-corrected chi connectivity index (χ2v) is 9.86. The fraction of sp³-hybridized carbons (Fsp3) is 0.367. The van der Waals surface area contributed by atoms with E-state index in [4.69, 9.17) is 19.6 Å². The molecule has 0 unspecified atom stereocenters. The van der Waals surface area contributed by atoms with Crippen molar-refractivity contribution in [1.82, 2.24) is 19.4 Å². The van der Waals surface area contributed by atoms with Crippen molar-refractivity contribution >= 4 is 23.3 Å². The van der Waals surface area contributed by atoms with Crippen LogP contribution >= 0.6 is 0 Å². The molecule has 1 aliphatic rings. The van der Waals surface area contributed by atoms with E-state index in [9.17, 15) is 4.79 Å². The summed E-state index contributed by atoms with van der Waals surface area (Å²) in [6.45, 7) is 8.87. The fourth-order valence-electron chi connectivity index (χ4n) is 4.62. The third kappa shape index (κ3) is 6.22. The lowest BCUT2D eigenvalue weighted by molar-refractivity contribution is 0.0510. The number of hydrogen-bond acceptors (Lipinski definition) is 9. The van der Waals surface area contributed by atoms with Gasteiger partial charge in [-0.25, -0.2) is 14.8 Å². The van der Waals surface area contributed by atoms with Gasteiger partial charge in [0.25, 0.3) is 0 Å². The van der Waals surface area contributed by atoms with E-state index < -0.39 is 5.97 Å². The van der Waals surface area contributed by atoms with Gasteiger partial charge in [-0.3, -0.25) is 5.41 Å². The molecule has 0 amide bonds. The van der Waals surface area contributed by atoms with Gasteiger partial charge in [-0.15, -0.1) is 0 Å². The number of fused-ring (bicyclic) bond motifs is 1. The molecule has 10 nitrogen and oxygen atoms in total. The van der Waals surface area contributed by atoms with E-state index in [0.29, 0.717) is 24.9 Å². The van der Waals surface area contributed by atoms with E-state index in [0.717, 1.165) is 33.6 Å². The van der Waals surface area contributed by atoms with Gasteiger partial charge in [-0.05, 0) is 86.9 Å². The quantitative estimate of drug-likeness (QED) is 0.148. The van der Waals surface area contributed by atoms with E-state index >= 15 is 0 Å². The van der Waals surface area contributed by atoms with Crippen molar-refractivity contribution in [3.63, 3.8) is 0 Å². The molecule has 0 atom stereocenters. The minimum absolute atomic E-state index is 0.0834. The highest BCUT2D eigenvalue weighted by molar-refractivity contribution is 5.92.